The highest BCUT2D eigenvalue weighted by molar-refractivity contribution is 7.91. The standard InChI is InChI=1S/C17H21ClN2O5S2/c1-10(2)15(20-27(22,23)14-6-5-7-26-14)17(21)19-16-12(18)8-11(24-3)9-13(16)25-4/h5-10,15,20H,1-4H3,(H,19,21)/t15-/m1/s1. The fourth-order valence-electron chi connectivity index (χ4n) is 2.29. The van der Waals surface area contributed by atoms with Crippen molar-refractivity contribution in [3.05, 3.63) is 34.7 Å². The first-order valence-corrected chi connectivity index (χ1v) is 10.7. The fraction of sp³-hybridized carbons (Fsp3) is 0.353. The Morgan fingerprint density at radius 2 is 1.93 bits per heavy atom. The van der Waals surface area contributed by atoms with Gasteiger partial charge in [-0.1, -0.05) is 31.5 Å². The lowest BCUT2D eigenvalue weighted by atomic mass is 10.0. The van der Waals surface area contributed by atoms with Crippen molar-refractivity contribution in [2.24, 2.45) is 5.92 Å². The molecule has 0 fully saturated rings. The fourth-order valence-corrected chi connectivity index (χ4v) is 4.89. The highest BCUT2D eigenvalue weighted by atomic mass is 35.5. The zero-order valence-electron chi connectivity index (χ0n) is 15.3. The van der Waals surface area contributed by atoms with Crippen LogP contribution < -0.4 is 19.5 Å². The normalized spacial score (nSPS) is 12.7. The van der Waals surface area contributed by atoms with Gasteiger partial charge in [0.15, 0.2) is 0 Å². The van der Waals surface area contributed by atoms with Crippen LogP contribution in [0, 0.1) is 5.92 Å². The van der Waals surface area contributed by atoms with Crippen LogP contribution in [-0.4, -0.2) is 34.6 Å². The first kappa shape index (κ1) is 21.5. The molecule has 0 saturated carbocycles. The van der Waals surface area contributed by atoms with E-state index >= 15 is 0 Å². The molecule has 1 atom stereocenters. The van der Waals surface area contributed by atoms with Gasteiger partial charge in [-0.2, -0.15) is 4.72 Å². The summed E-state index contributed by atoms with van der Waals surface area (Å²) in [6.45, 7) is 3.49. The third-order valence-corrected chi connectivity index (χ3v) is 6.86. The van der Waals surface area contributed by atoms with Crippen molar-refractivity contribution < 1.29 is 22.7 Å². The van der Waals surface area contributed by atoms with Crippen LogP contribution in [0.4, 0.5) is 5.69 Å². The van der Waals surface area contributed by atoms with Gasteiger partial charge in [0.1, 0.15) is 27.4 Å². The second kappa shape index (κ2) is 8.92. The van der Waals surface area contributed by atoms with E-state index in [1.807, 2.05) is 0 Å². The molecule has 0 aliphatic heterocycles. The maximum atomic E-state index is 12.8. The van der Waals surface area contributed by atoms with E-state index in [9.17, 15) is 13.2 Å². The second-order valence-electron chi connectivity index (χ2n) is 5.95. The number of nitrogens with one attached hydrogen (secondary N) is 2. The molecule has 1 amide bonds. The van der Waals surface area contributed by atoms with Crippen LogP contribution in [0.1, 0.15) is 13.8 Å². The van der Waals surface area contributed by atoms with Crippen molar-refractivity contribution in [2.75, 3.05) is 19.5 Å². The summed E-state index contributed by atoms with van der Waals surface area (Å²) < 4.78 is 38.0. The highest BCUT2D eigenvalue weighted by Crippen LogP contribution is 2.37. The predicted octanol–water partition coefficient (Wildman–Crippen LogP) is 3.36. The monoisotopic (exact) mass is 432 g/mol. The lowest BCUT2D eigenvalue weighted by Crippen LogP contribution is -2.46. The smallest absolute Gasteiger partial charge is 0.250 e. The van der Waals surface area contributed by atoms with Crippen LogP contribution >= 0.6 is 22.9 Å². The summed E-state index contributed by atoms with van der Waals surface area (Å²) >= 11 is 7.30. The number of carbonyl (C=O) groups excluding carboxylic acids is 1. The van der Waals surface area contributed by atoms with Gasteiger partial charge in [-0.15, -0.1) is 11.3 Å². The molecule has 1 aromatic heterocycles. The minimum Gasteiger partial charge on any atom is -0.497 e. The minimum atomic E-state index is -3.81. The summed E-state index contributed by atoms with van der Waals surface area (Å²) in [5, 5.41) is 4.52. The van der Waals surface area contributed by atoms with Gasteiger partial charge in [-0.3, -0.25) is 4.79 Å². The van der Waals surface area contributed by atoms with E-state index in [4.69, 9.17) is 21.1 Å². The quantitative estimate of drug-likeness (QED) is 0.667. The molecule has 1 heterocycles. The average molecular weight is 433 g/mol. The summed E-state index contributed by atoms with van der Waals surface area (Å²) in [7, 11) is -0.897. The van der Waals surface area contributed by atoms with E-state index in [0.29, 0.717) is 11.5 Å². The second-order valence-corrected chi connectivity index (χ2v) is 9.25. The van der Waals surface area contributed by atoms with Crippen molar-refractivity contribution in [3.63, 3.8) is 0 Å². The van der Waals surface area contributed by atoms with Gasteiger partial charge in [0.05, 0.1) is 19.2 Å². The molecule has 7 nitrogen and oxygen atoms in total. The van der Waals surface area contributed by atoms with Crippen LogP contribution in [0.3, 0.4) is 0 Å². The number of thiophene rings is 1. The zero-order valence-corrected chi connectivity index (χ0v) is 17.7. The SMILES string of the molecule is COc1cc(Cl)c(NC(=O)[C@H](NS(=O)(=O)c2cccs2)C(C)C)c(OC)c1. The molecule has 0 aliphatic carbocycles. The Kier molecular flexibility index (Phi) is 7.10. The van der Waals surface area contributed by atoms with E-state index in [-0.39, 0.29) is 20.8 Å². The van der Waals surface area contributed by atoms with E-state index in [1.54, 1.807) is 31.4 Å². The molecule has 10 heteroatoms. The number of hydrogen-bond acceptors (Lipinski definition) is 6. The molecule has 0 saturated heterocycles. The van der Waals surface area contributed by atoms with E-state index in [1.165, 1.54) is 26.4 Å². The van der Waals surface area contributed by atoms with Crippen molar-refractivity contribution in [3.8, 4) is 11.5 Å². The largest absolute Gasteiger partial charge is 0.497 e. The Morgan fingerprint density at radius 1 is 1.22 bits per heavy atom. The maximum Gasteiger partial charge on any atom is 0.250 e. The molecule has 2 rings (SSSR count). The van der Waals surface area contributed by atoms with Gasteiger partial charge in [-0.25, -0.2) is 8.42 Å². The number of anilines is 1. The third kappa shape index (κ3) is 5.13. The number of benzene rings is 1. The number of hydrogen-bond donors (Lipinski definition) is 2. The Hall–Kier alpha value is -1.81. The van der Waals surface area contributed by atoms with E-state index in [0.717, 1.165) is 11.3 Å². The van der Waals surface area contributed by atoms with Gasteiger partial charge in [0.2, 0.25) is 5.91 Å². The maximum absolute atomic E-state index is 12.8. The van der Waals surface area contributed by atoms with E-state index in [2.05, 4.69) is 10.0 Å². The van der Waals surface area contributed by atoms with Crippen molar-refractivity contribution in [1.82, 2.24) is 4.72 Å². The first-order valence-electron chi connectivity index (χ1n) is 7.97. The number of rotatable bonds is 8. The Bertz CT molecular complexity index is 898. The summed E-state index contributed by atoms with van der Waals surface area (Å²) in [5.74, 6) is -0.0803. The number of ether oxygens (including phenoxy) is 2. The highest BCUT2D eigenvalue weighted by Gasteiger charge is 2.30. The number of carbonyl (C=O) groups is 1. The van der Waals surface area contributed by atoms with Crippen LogP contribution in [0.5, 0.6) is 11.5 Å². The lowest BCUT2D eigenvalue weighted by molar-refractivity contribution is -0.118. The first-order chi connectivity index (χ1) is 12.7. The van der Waals surface area contributed by atoms with Crippen molar-refractivity contribution >= 4 is 44.6 Å². The van der Waals surface area contributed by atoms with Crippen LogP contribution in [0.2, 0.25) is 5.02 Å². The number of halogens is 1. The topological polar surface area (TPSA) is 93.7 Å². The van der Waals surface area contributed by atoms with E-state index < -0.39 is 22.0 Å². The molecular weight excluding hydrogens is 412 g/mol. The van der Waals surface area contributed by atoms with Gasteiger partial charge < -0.3 is 14.8 Å². The Labute approximate surface area is 167 Å². The number of amides is 1. The van der Waals surface area contributed by atoms with Crippen molar-refractivity contribution in [1.29, 1.82) is 0 Å². The predicted molar refractivity (Wildman–Crippen MR) is 106 cm³/mol. The van der Waals surface area contributed by atoms with Crippen LogP contribution in [0.25, 0.3) is 0 Å². The molecule has 0 bridgehead atoms. The van der Waals surface area contributed by atoms with Gasteiger partial charge in [0.25, 0.3) is 10.0 Å². The summed E-state index contributed by atoms with van der Waals surface area (Å²) in [5.41, 5.74) is 0.242. The molecule has 2 N–H and O–H groups in total. The van der Waals surface area contributed by atoms with Crippen LogP contribution in [-0.2, 0) is 14.8 Å². The van der Waals surface area contributed by atoms with Gasteiger partial charge >= 0.3 is 0 Å². The number of sulfonamides is 1. The molecule has 27 heavy (non-hydrogen) atoms. The zero-order chi connectivity index (χ0) is 20.2. The number of methoxy groups -OCH3 is 2. The molecule has 0 unspecified atom stereocenters. The third-order valence-electron chi connectivity index (χ3n) is 3.72. The lowest BCUT2D eigenvalue weighted by Gasteiger charge is -2.22. The molecule has 1 aromatic carbocycles. The minimum absolute atomic E-state index is 0.140. The summed E-state index contributed by atoms with van der Waals surface area (Å²) in [4.78, 5) is 12.8. The molecular formula is C17H21ClN2O5S2. The average Bonchev–Trinajstić information content (AvgIpc) is 3.16. The molecule has 148 valence electrons. The molecule has 0 aliphatic rings. The van der Waals surface area contributed by atoms with Crippen LogP contribution in [0.15, 0.2) is 33.9 Å². The molecule has 0 radical (unpaired) electrons. The Balaban J connectivity index is 2.29. The van der Waals surface area contributed by atoms with Gasteiger partial charge in [0, 0.05) is 12.1 Å². The molecule has 2 aromatic rings. The molecule has 0 spiro atoms. The summed E-state index contributed by atoms with van der Waals surface area (Å²) in [6, 6.07) is 5.21. The van der Waals surface area contributed by atoms with Gasteiger partial charge in [-0.05, 0) is 17.4 Å². The Morgan fingerprint density at radius 3 is 2.44 bits per heavy atom. The van der Waals surface area contributed by atoms with Crippen molar-refractivity contribution in [2.45, 2.75) is 24.1 Å². The summed E-state index contributed by atoms with van der Waals surface area (Å²) in [6.07, 6.45) is 0.